The van der Waals surface area contributed by atoms with Gasteiger partial charge in [-0.1, -0.05) is 15.9 Å². The van der Waals surface area contributed by atoms with E-state index in [1.54, 1.807) is 0 Å². The Bertz CT molecular complexity index is 464. The Morgan fingerprint density at radius 2 is 1.67 bits per heavy atom. The van der Waals surface area contributed by atoms with E-state index in [2.05, 4.69) is 15.9 Å². The molecule has 0 bridgehead atoms. The van der Waals surface area contributed by atoms with Crippen LogP contribution in [0.15, 0.2) is 40.9 Å². The number of halogens is 1. The van der Waals surface area contributed by atoms with Crippen LogP contribution in [0.4, 0.5) is 0 Å². The predicted octanol–water partition coefficient (Wildman–Crippen LogP) is 2.14. The van der Waals surface area contributed by atoms with E-state index in [0.29, 0.717) is 19.6 Å². The summed E-state index contributed by atoms with van der Waals surface area (Å²) >= 11 is 3.34. The molecule has 0 saturated heterocycles. The lowest BCUT2D eigenvalue weighted by Crippen LogP contribution is -2.31. The second kappa shape index (κ2) is 5.82. The molecule has 0 unspecified atom stereocenters. The van der Waals surface area contributed by atoms with Crippen LogP contribution in [0, 0.1) is 0 Å². The number of carbonyl (C=O) groups is 2. The van der Waals surface area contributed by atoms with Gasteiger partial charge in [-0.05, 0) is 30.7 Å². The zero-order chi connectivity index (χ0) is 13.0. The summed E-state index contributed by atoms with van der Waals surface area (Å²) in [6.45, 7) is 0.861. The van der Waals surface area contributed by atoms with Crippen molar-refractivity contribution in [3.05, 3.63) is 40.9 Å². The van der Waals surface area contributed by atoms with Gasteiger partial charge in [-0.15, -0.1) is 0 Å². The average molecular weight is 310 g/mol. The van der Waals surface area contributed by atoms with Crippen molar-refractivity contribution in [1.29, 1.82) is 0 Å². The Morgan fingerprint density at radius 3 is 2.28 bits per heavy atom. The smallest absolute Gasteiger partial charge is 0.253 e. The molecular weight excluding hydrogens is 298 g/mol. The lowest BCUT2D eigenvalue weighted by atomic mass is 10.3. The van der Waals surface area contributed by atoms with E-state index in [1.165, 1.54) is 17.1 Å². The van der Waals surface area contributed by atoms with Crippen molar-refractivity contribution in [2.45, 2.75) is 6.42 Å². The van der Waals surface area contributed by atoms with Crippen molar-refractivity contribution in [1.82, 2.24) is 4.90 Å². The first-order valence-corrected chi connectivity index (χ1v) is 6.38. The molecule has 0 N–H and O–H groups in total. The molecule has 0 atom stereocenters. The third kappa shape index (κ3) is 3.20. The summed E-state index contributed by atoms with van der Waals surface area (Å²) < 4.78 is 6.50. The molecule has 2 amide bonds. The maximum atomic E-state index is 11.3. The number of rotatable bonds is 5. The van der Waals surface area contributed by atoms with E-state index < -0.39 is 0 Å². The third-order valence-electron chi connectivity index (χ3n) is 2.51. The average Bonchev–Trinajstić information content (AvgIpc) is 2.68. The van der Waals surface area contributed by atoms with Gasteiger partial charge < -0.3 is 4.74 Å². The minimum atomic E-state index is -0.247. The largest absolute Gasteiger partial charge is 0.494 e. The summed E-state index contributed by atoms with van der Waals surface area (Å²) in [5.74, 6) is 0.280. The molecule has 1 aliphatic rings. The van der Waals surface area contributed by atoms with Gasteiger partial charge >= 0.3 is 0 Å². The molecule has 94 valence electrons. The summed E-state index contributed by atoms with van der Waals surface area (Å²) in [5.41, 5.74) is 0. The van der Waals surface area contributed by atoms with Crippen molar-refractivity contribution in [3.8, 4) is 5.75 Å². The maximum Gasteiger partial charge on any atom is 0.253 e. The molecule has 1 aromatic rings. The summed E-state index contributed by atoms with van der Waals surface area (Å²) in [6, 6.07) is 7.51. The Morgan fingerprint density at radius 1 is 1.06 bits per heavy atom. The summed E-state index contributed by atoms with van der Waals surface area (Å²) in [6.07, 6.45) is 3.20. The Labute approximate surface area is 113 Å². The molecule has 4 nitrogen and oxygen atoms in total. The molecule has 0 aromatic heterocycles. The van der Waals surface area contributed by atoms with Gasteiger partial charge in [0.15, 0.2) is 0 Å². The molecule has 0 spiro atoms. The molecule has 2 rings (SSSR count). The van der Waals surface area contributed by atoms with Crippen molar-refractivity contribution in [3.63, 3.8) is 0 Å². The highest BCUT2D eigenvalue weighted by molar-refractivity contribution is 9.10. The van der Waals surface area contributed by atoms with Crippen molar-refractivity contribution in [2.24, 2.45) is 0 Å². The van der Waals surface area contributed by atoms with Gasteiger partial charge in [0.25, 0.3) is 11.8 Å². The normalized spacial score (nSPS) is 14.4. The lowest BCUT2D eigenvalue weighted by molar-refractivity contribution is -0.136. The summed E-state index contributed by atoms with van der Waals surface area (Å²) in [4.78, 5) is 23.7. The number of ether oxygens (including phenoxy) is 1. The van der Waals surface area contributed by atoms with E-state index >= 15 is 0 Å². The van der Waals surface area contributed by atoms with E-state index in [9.17, 15) is 9.59 Å². The molecular formula is C13H12BrNO3. The van der Waals surface area contributed by atoms with Crippen LogP contribution in [0.2, 0.25) is 0 Å². The SMILES string of the molecule is O=C1C=CC(=O)N1CCCOc1ccc(Br)cc1. The fourth-order valence-corrected chi connectivity index (χ4v) is 1.86. The second-order valence-corrected chi connectivity index (χ2v) is 4.73. The number of hydrogen-bond donors (Lipinski definition) is 0. The number of amides is 2. The maximum absolute atomic E-state index is 11.3. The topological polar surface area (TPSA) is 46.6 Å². The number of carbonyl (C=O) groups excluding carboxylic acids is 2. The molecule has 1 heterocycles. The van der Waals surface area contributed by atoms with Gasteiger partial charge in [0.05, 0.1) is 6.61 Å². The van der Waals surface area contributed by atoms with Crippen LogP contribution in [0.3, 0.4) is 0 Å². The predicted molar refractivity (Wildman–Crippen MR) is 70.1 cm³/mol. The van der Waals surface area contributed by atoms with Crippen molar-refractivity contribution < 1.29 is 14.3 Å². The van der Waals surface area contributed by atoms with Gasteiger partial charge in [0.2, 0.25) is 0 Å². The highest BCUT2D eigenvalue weighted by atomic mass is 79.9. The summed E-state index contributed by atoms with van der Waals surface area (Å²) in [7, 11) is 0. The Hall–Kier alpha value is -1.62. The second-order valence-electron chi connectivity index (χ2n) is 3.82. The quantitative estimate of drug-likeness (QED) is 0.618. The van der Waals surface area contributed by atoms with Gasteiger partial charge in [-0.3, -0.25) is 14.5 Å². The highest BCUT2D eigenvalue weighted by Crippen LogP contribution is 2.16. The number of benzene rings is 1. The fourth-order valence-electron chi connectivity index (χ4n) is 1.60. The highest BCUT2D eigenvalue weighted by Gasteiger charge is 2.22. The molecule has 0 radical (unpaired) electrons. The van der Waals surface area contributed by atoms with E-state index in [1.807, 2.05) is 24.3 Å². The van der Waals surface area contributed by atoms with Crippen LogP contribution < -0.4 is 4.74 Å². The van der Waals surface area contributed by atoms with Crippen LogP contribution in [-0.4, -0.2) is 29.9 Å². The van der Waals surface area contributed by atoms with Crippen LogP contribution in [0.1, 0.15) is 6.42 Å². The molecule has 0 fully saturated rings. The lowest BCUT2D eigenvalue weighted by Gasteiger charge is -2.13. The first kappa shape index (κ1) is 12.8. The van der Waals surface area contributed by atoms with E-state index in [4.69, 9.17) is 4.74 Å². The van der Waals surface area contributed by atoms with Crippen LogP contribution in [-0.2, 0) is 9.59 Å². The number of hydrogen-bond acceptors (Lipinski definition) is 3. The van der Waals surface area contributed by atoms with E-state index in [0.717, 1.165) is 10.2 Å². The molecule has 0 aliphatic carbocycles. The molecule has 1 aliphatic heterocycles. The Kier molecular flexibility index (Phi) is 4.15. The number of imide groups is 1. The van der Waals surface area contributed by atoms with Gasteiger partial charge in [0, 0.05) is 23.2 Å². The number of nitrogens with zero attached hydrogens (tertiary/aromatic N) is 1. The minimum absolute atomic E-state index is 0.247. The molecule has 0 saturated carbocycles. The van der Waals surface area contributed by atoms with Crippen LogP contribution >= 0.6 is 15.9 Å². The monoisotopic (exact) mass is 309 g/mol. The minimum Gasteiger partial charge on any atom is -0.494 e. The summed E-state index contributed by atoms with van der Waals surface area (Å²) in [5, 5.41) is 0. The van der Waals surface area contributed by atoms with Crippen molar-refractivity contribution >= 4 is 27.7 Å². The van der Waals surface area contributed by atoms with Gasteiger partial charge in [-0.25, -0.2) is 0 Å². The first-order valence-electron chi connectivity index (χ1n) is 5.59. The van der Waals surface area contributed by atoms with Crippen LogP contribution in [0.25, 0.3) is 0 Å². The first-order chi connectivity index (χ1) is 8.66. The standard InChI is InChI=1S/C13H12BrNO3/c14-10-2-4-11(5-3-10)18-9-1-8-15-12(16)6-7-13(15)17/h2-7H,1,8-9H2. The van der Waals surface area contributed by atoms with Gasteiger partial charge in [0.1, 0.15) is 5.75 Å². The Balaban J connectivity index is 1.72. The molecule has 5 heteroatoms. The molecule has 18 heavy (non-hydrogen) atoms. The van der Waals surface area contributed by atoms with E-state index in [-0.39, 0.29) is 11.8 Å². The fraction of sp³-hybridized carbons (Fsp3) is 0.231. The van der Waals surface area contributed by atoms with Crippen LogP contribution in [0.5, 0.6) is 5.75 Å². The zero-order valence-corrected chi connectivity index (χ0v) is 11.2. The zero-order valence-electron chi connectivity index (χ0n) is 9.64. The molecule has 1 aromatic carbocycles. The van der Waals surface area contributed by atoms with Gasteiger partial charge in [-0.2, -0.15) is 0 Å². The van der Waals surface area contributed by atoms with Crippen molar-refractivity contribution in [2.75, 3.05) is 13.2 Å². The third-order valence-corrected chi connectivity index (χ3v) is 3.04.